The van der Waals surface area contributed by atoms with Crippen LogP contribution in [0.2, 0.25) is 0 Å². The number of urea groups is 1. The molecule has 1 aromatic rings. The molecule has 0 unspecified atom stereocenters. The molecule has 4 amide bonds. The number of anilines is 1. The molecule has 2 fully saturated rings. The van der Waals surface area contributed by atoms with Gasteiger partial charge in [0.15, 0.2) is 0 Å². The molecular formula is C18H22FN3O3. The molecule has 2 aliphatic heterocycles. The molecule has 2 saturated heterocycles. The summed E-state index contributed by atoms with van der Waals surface area (Å²) in [7, 11) is 0. The normalized spacial score (nSPS) is 24.2. The monoisotopic (exact) mass is 347 g/mol. The van der Waals surface area contributed by atoms with Gasteiger partial charge >= 0.3 is 6.03 Å². The molecule has 25 heavy (non-hydrogen) atoms. The van der Waals surface area contributed by atoms with Crippen molar-refractivity contribution in [1.82, 2.24) is 9.80 Å². The molecule has 0 saturated carbocycles. The van der Waals surface area contributed by atoms with Gasteiger partial charge in [0.1, 0.15) is 18.4 Å². The molecule has 0 bridgehead atoms. The molecule has 1 aromatic carbocycles. The van der Waals surface area contributed by atoms with Crippen LogP contribution in [0.1, 0.15) is 26.7 Å². The molecule has 0 N–H and O–H groups in total. The highest BCUT2D eigenvalue weighted by atomic mass is 19.1. The highest BCUT2D eigenvalue weighted by Gasteiger charge is 2.44. The van der Waals surface area contributed by atoms with Gasteiger partial charge in [-0.05, 0) is 49.9 Å². The summed E-state index contributed by atoms with van der Waals surface area (Å²) in [5.41, 5.74) is 0.439. The van der Waals surface area contributed by atoms with Gasteiger partial charge in [-0.25, -0.2) is 9.18 Å². The Hall–Kier alpha value is -2.44. The lowest BCUT2D eigenvalue weighted by Crippen LogP contribution is -2.46. The zero-order valence-electron chi connectivity index (χ0n) is 14.4. The average molecular weight is 347 g/mol. The van der Waals surface area contributed by atoms with E-state index in [4.69, 9.17) is 0 Å². The van der Waals surface area contributed by atoms with Crippen molar-refractivity contribution in [3.8, 4) is 0 Å². The fourth-order valence-electron chi connectivity index (χ4n) is 3.46. The maximum atomic E-state index is 13.1. The van der Waals surface area contributed by atoms with Gasteiger partial charge in [-0.2, -0.15) is 0 Å². The Morgan fingerprint density at radius 3 is 2.52 bits per heavy atom. The average Bonchev–Trinajstić information content (AvgIpc) is 2.79. The molecule has 134 valence electrons. The lowest BCUT2D eigenvalue weighted by molar-refractivity contribution is -0.138. The predicted molar refractivity (Wildman–Crippen MR) is 90.4 cm³/mol. The maximum absolute atomic E-state index is 13.1. The van der Waals surface area contributed by atoms with Gasteiger partial charge in [0.05, 0.1) is 0 Å². The smallest absolute Gasteiger partial charge is 0.332 e. The number of imide groups is 1. The van der Waals surface area contributed by atoms with Crippen molar-refractivity contribution in [3.05, 3.63) is 30.1 Å². The van der Waals surface area contributed by atoms with Gasteiger partial charge in [-0.1, -0.05) is 6.92 Å². The van der Waals surface area contributed by atoms with Gasteiger partial charge < -0.3 is 4.90 Å². The van der Waals surface area contributed by atoms with E-state index in [1.807, 2.05) is 0 Å². The second-order valence-electron chi connectivity index (χ2n) is 6.82. The summed E-state index contributed by atoms with van der Waals surface area (Å²) in [4.78, 5) is 41.6. The second-order valence-corrected chi connectivity index (χ2v) is 6.82. The van der Waals surface area contributed by atoms with E-state index in [1.165, 1.54) is 29.2 Å². The van der Waals surface area contributed by atoms with E-state index in [0.29, 0.717) is 24.7 Å². The first-order chi connectivity index (χ1) is 11.9. The minimum absolute atomic E-state index is 0.207. The van der Waals surface area contributed by atoms with Crippen LogP contribution >= 0.6 is 0 Å². The van der Waals surface area contributed by atoms with E-state index in [0.717, 1.165) is 17.7 Å². The van der Waals surface area contributed by atoms with Crippen LogP contribution in [0.3, 0.4) is 0 Å². The summed E-state index contributed by atoms with van der Waals surface area (Å²) in [5.74, 6) is -0.605. The quantitative estimate of drug-likeness (QED) is 0.788. The SMILES string of the molecule is C[C@H]1CCCN(C(=O)CN2C(=O)[C@@H](C)N(c3ccc(F)cc3)C2=O)C1. The van der Waals surface area contributed by atoms with Crippen molar-refractivity contribution in [2.24, 2.45) is 5.92 Å². The summed E-state index contributed by atoms with van der Waals surface area (Å²) in [6.45, 7) is 4.77. The van der Waals surface area contributed by atoms with E-state index < -0.39 is 23.8 Å². The molecule has 2 aliphatic rings. The minimum Gasteiger partial charge on any atom is -0.341 e. The summed E-state index contributed by atoms with van der Waals surface area (Å²) in [6.07, 6.45) is 2.02. The summed E-state index contributed by atoms with van der Waals surface area (Å²) < 4.78 is 13.1. The topological polar surface area (TPSA) is 60.9 Å². The van der Waals surface area contributed by atoms with Gasteiger partial charge in [0, 0.05) is 18.8 Å². The maximum Gasteiger partial charge on any atom is 0.332 e. The Bertz CT molecular complexity index is 691. The molecule has 0 aliphatic carbocycles. The van der Waals surface area contributed by atoms with E-state index in [2.05, 4.69) is 6.92 Å². The Balaban J connectivity index is 1.74. The van der Waals surface area contributed by atoms with Crippen LogP contribution in [0.5, 0.6) is 0 Å². The molecule has 7 heteroatoms. The Labute approximate surface area is 146 Å². The molecule has 0 aromatic heterocycles. The fraction of sp³-hybridized carbons (Fsp3) is 0.500. The lowest BCUT2D eigenvalue weighted by atomic mass is 10.0. The number of piperidine rings is 1. The number of benzene rings is 1. The first-order valence-corrected chi connectivity index (χ1v) is 8.56. The molecule has 0 radical (unpaired) electrons. The number of hydrogen-bond acceptors (Lipinski definition) is 3. The lowest BCUT2D eigenvalue weighted by Gasteiger charge is -2.31. The number of carbonyl (C=O) groups excluding carboxylic acids is 3. The molecule has 2 atom stereocenters. The van der Waals surface area contributed by atoms with Crippen molar-refractivity contribution >= 4 is 23.5 Å². The first kappa shape index (κ1) is 17.4. The van der Waals surface area contributed by atoms with E-state index in [1.54, 1.807) is 11.8 Å². The van der Waals surface area contributed by atoms with Gasteiger partial charge in [0.25, 0.3) is 5.91 Å². The predicted octanol–water partition coefficient (Wildman–Crippen LogP) is 2.24. The summed E-state index contributed by atoms with van der Waals surface area (Å²) in [5, 5.41) is 0. The van der Waals surface area contributed by atoms with Gasteiger partial charge in [0.2, 0.25) is 5.91 Å². The Morgan fingerprint density at radius 1 is 1.20 bits per heavy atom. The van der Waals surface area contributed by atoms with Crippen molar-refractivity contribution in [1.29, 1.82) is 0 Å². The fourth-order valence-corrected chi connectivity index (χ4v) is 3.46. The van der Waals surface area contributed by atoms with Crippen molar-refractivity contribution < 1.29 is 18.8 Å². The standard InChI is InChI=1S/C18H22FN3O3/c1-12-4-3-9-20(10-12)16(23)11-21-17(24)13(2)22(18(21)25)15-7-5-14(19)6-8-15/h5-8,12-13H,3-4,9-11H2,1-2H3/t12-,13+/m0/s1. The van der Waals surface area contributed by atoms with Gasteiger partial charge in [-0.3, -0.25) is 19.4 Å². The molecule has 6 nitrogen and oxygen atoms in total. The second kappa shape index (κ2) is 6.82. The molecule has 2 heterocycles. The molecule has 0 spiro atoms. The Kier molecular flexibility index (Phi) is 4.74. The third kappa shape index (κ3) is 3.36. The van der Waals surface area contributed by atoms with E-state index >= 15 is 0 Å². The number of likely N-dealkylation sites (tertiary alicyclic amines) is 1. The third-order valence-electron chi connectivity index (χ3n) is 4.86. The zero-order chi connectivity index (χ0) is 18.1. The summed E-state index contributed by atoms with van der Waals surface area (Å²) in [6, 6.07) is 4.13. The minimum atomic E-state index is -0.717. The first-order valence-electron chi connectivity index (χ1n) is 8.56. The summed E-state index contributed by atoms with van der Waals surface area (Å²) >= 11 is 0. The largest absolute Gasteiger partial charge is 0.341 e. The van der Waals surface area contributed by atoms with Crippen LogP contribution in [-0.2, 0) is 9.59 Å². The number of carbonyl (C=O) groups is 3. The van der Waals surface area contributed by atoms with Gasteiger partial charge in [-0.15, -0.1) is 0 Å². The molecule has 3 rings (SSSR count). The van der Waals surface area contributed by atoms with Crippen LogP contribution in [0.25, 0.3) is 0 Å². The Morgan fingerprint density at radius 2 is 1.88 bits per heavy atom. The van der Waals surface area contributed by atoms with Crippen LogP contribution in [0.4, 0.5) is 14.9 Å². The van der Waals surface area contributed by atoms with Crippen LogP contribution in [0, 0.1) is 11.7 Å². The third-order valence-corrected chi connectivity index (χ3v) is 4.86. The van der Waals surface area contributed by atoms with Crippen molar-refractivity contribution in [2.45, 2.75) is 32.7 Å². The van der Waals surface area contributed by atoms with Crippen LogP contribution in [-0.4, -0.2) is 53.3 Å². The van der Waals surface area contributed by atoms with E-state index in [-0.39, 0.29) is 12.5 Å². The number of amides is 4. The number of halogens is 1. The number of hydrogen-bond donors (Lipinski definition) is 0. The number of nitrogens with zero attached hydrogens (tertiary/aromatic N) is 3. The highest BCUT2D eigenvalue weighted by Crippen LogP contribution is 2.26. The van der Waals surface area contributed by atoms with E-state index in [9.17, 15) is 18.8 Å². The van der Waals surface area contributed by atoms with Crippen LogP contribution < -0.4 is 4.90 Å². The number of rotatable bonds is 3. The molecular weight excluding hydrogens is 325 g/mol. The highest BCUT2D eigenvalue weighted by molar-refractivity contribution is 6.15. The van der Waals surface area contributed by atoms with Crippen LogP contribution in [0.15, 0.2) is 24.3 Å². The van der Waals surface area contributed by atoms with Crippen molar-refractivity contribution in [3.63, 3.8) is 0 Å². The van der Waals surface area contributed by atoms with Crippen molar-refractivity contribution in [2.75, 3.05) is 24.5 Å². The zero-order valence-corrected chi connectivity index (χ0v) is 14.4.